The van der Waals surface area contributed by atoms with Crippen molar-refractivity contribution in [2.24, 2.45) is 23.7 Å². The molecule has 1 rings (SSSR count). The Morgan fingerprint density at radius 3 is 2.18 bits per heavy atom. The molecule has 1 aliphatic rings. The predicted molar refractivity (Wildman–Crippen MR) is 72.8 cm³/mol. The zero-order valence-electron chi connectivity index (χ0n) is 12.0. The van der Waals surface area contributed by atoms with Crippen molar-refractivity contribution in [2.45, 2.75) is 59.8 Å². The van der Waals surface area contributed by atoms with Crippen LogP contribution in [0.4, 0.5) is 0 Å². The Morgan fingerprint density at radius 2 is 1.71 bits per heavy atom. The maximum absolute atomic E-state index is 11.9. The first kappa shape index (κ1) is 14.5. The Labute approximate surface area is 107 Å². The summed E-state index contributed by atoms with van der Waals surface area (Å²) in [5, 5.41) is 3.09. The summed E-state index contributed by atoms with van der Waals surface area (Å²) in [5.74, 6) is 2.88. The second-order valence-corrected chi connectivity index (χ2v) is 6.33. The highest BCUT2D eigenvalue weighted by Crippen LogP contribution is 2.33. The predicted octanol–water partition coefficient (Wildman–Crippen LogP) is 3.61. The van der Waals surface area contributed by atoms with Crippen molar-refractivity contribution in [1.82, 2.24) is 5.32 Å². The summed E-state index contributed by atoms with van der Waals surface area (Å²) in [6, 6.07) is 0. The highest BCUT2D eigenvalue weighted by Gasteiger charge is 2.27. The third-order valence-electron chi connectivity index (χ3n) is 4.11. The van der Waals surface area contributed by atoms with Gasteiger partial charge >= 0.3 is 0 Å². The molecule has 0 atom stereocenters. The summed E-state index contributed by atoms with van der Waals surface area (Å²) >= 11 is 0. The van der Waals surface area contributed by atoms with Gasteiger partial charge in [-0.3, -0.25) is 4.79 Å². The Kier molecular flexibility index (Phi) is 6.01. The van der Waals surface area contributed by atoms with Crippen LogP contribution in [0.2, 0.25) is 0 Å². The van der Waals surface area contributed by atoms with Gasteiger partial charge in [-0.1, -0.05) is 27.7 Å². The maximum atomic E-state index is 11.9. The molecule has 1 saturated carbocycles. The monoisotopic (exact) mass is 239 g/mol. The standard InChI is InChI=1S/C15H29NO/c1-11(2)9-10-16-15(17)14-7-5-13(6-8-14)12(3)4/h11-14H,5-10H2,1-4H3,(H,16,17)/t13-,14+. The second-order valence-electron chi connectivity index (χ2n) is 6.33. The lowest BCUT2D eigenvalue weighted by atomic mass is 9.77. The molecule has 1 aliphatic carbocycles. The summed E-state index contributed by atoms with van der Waals surface area (Å²) < 4.78 is 0. The SMILES string of the molecule is CC(C)CCNC(=O)[C@H]1CC[C@@H](C(C)C)CC1. The second kappa shape index (κ2) is 7.03. The van der Waals surface area contributed by atoms with Crippen molar-refractivity contribution in [2.75, 3.05) is 6.54 Å². The Morgan fingerprint density at radius 1 is 1.12 bits per heavy atom. The molecular formula is C15H29NO. The molecule has 0 spiro atoms. The summed E-state index contributed by atoms with van der Waals surface area (Å²) in [7, 11) is 0. The third kappa shape index (κ3) is 5.10. The number of carbonyl (C=O) groups is 1. The first-order valence-corrected chi connectivity index (χ1v) is 7.28. The quantitative estimate of drug-likeness (QED) is 0.780. The zero-order chi connectivity index (χ0) is 12.8. The van der Waals surface area contributed by atoms with Crippen LogP contribution < -0.4 is 5.32 Å². The minimum Gasteiger partial charge on any atom is -0.356 e. The lowest BCUT2D eigenvalue weighted by Crippen LogP contribution is -2.34. The van der Waals surface area contributed by atoms with Crippen molar-refractivity contribution >= 4 is 5.91 Å². The highest BCUT2D eigenvalue weighted by molar-refractivity contribution is 5.78. The Hall–Kier alpha value is -0.530. The first-order valence-electron chi connectivity index (χ1n) is 7.28. The molecule has 0 aromatic rings. The van der Waals surface area contributed by atoms with Crippen molar-refractivity contribution < 1.29 is 4.79 Å². The van der Waals surface area contributed by atoms with Crippen LogP contribution in [0.1, 0.15) is 59.8 Å². The van der Waals surface area contributed by atoms with E-state index < -0.39 is 0 Å². The topological polar surface area (TPSA) is 29.1 Å². The number of carbonyl (C=O) groups excluding carboxylic acids is 1. The van der Waals surface area contributed by atoms with Crippen LogP contribution in [0.5, 0.6) is 0 Å². The summed E-state index contributed by atoms with van der Waals surface area (Å²) in [4.78, 5) is 11.9. The van der Waals surface area contributed by atoms with Crippen LogP contribution >= 0.6 is 0 Å². The van der Waals surface area contributed by atoms with E-state index in [1.807, 2.05) is 0 Å². The van der Waals surface area contributed by atoms with Gasteiger partial charge in [0.05, 0.1) is 0 Å². The first-order chi connectivity index (χ1) is 8.00. The van der Waals surface area contributed by atoms with Gasteiger partial charge < -0.3 is 5.32 Å². The van der Waals surface area contributed by atoms with Crippen LogP contribution in [-0.4, -0.2) is 12.5 Å². The molecule has 0 radical (unpaired) electrons. The van der Waals surface area contributed by atoms with E-state index in [1.54, 1.807) is 0 Å². The molecule has 0 aromatic carbocycles. The molecule has 0 aromatic heterocycles. The van der Waals surface area contributed by atoms with Gasteiger partial charge in [0.25, 0.3) is 0 Å². The molecule has 100 valence electrons. The molecule has 1 amide bonds. The van der Waals surface area contributed by atoms with Crippen molar-refractivity contribution in [3.8, 4) is 0 Å². The van der Waals surface area contributed by atoms with Crippen LogP contribution in [0.25, 0.3) is 0 Å². The minimum absolute atomic E-state index is 0.289. The number of hydrogen-bond acceptors (Lipinski definition) is 1. The van der Waals surface area contributed by atoms with E-state index in [4.69, 9.17) is 0 Å². The lowest BCUT2D eigenvalue weighted by molar-refractivity contribution is -0.126. The van der Waals surface area contributed by atoms with Gasteiger partial charge in [-0.15, -0.1) is 0 Å². The fourth-order valence-electron chi connectivity index (χ4n) is 2.68. The Bertz CT molecular complexity index is 227. The molecule has 17 heavy (non-hydrogen) atoms. The van der Waals surface area contributed by atoms with E-state index in [0.29, 0.717) is 11.8 Å². The van der Waals surface area contributed by atoms with Gasteiger partial charge in [-0.2, -0.15) is 0 Å². The molecule has 0 unspecified atom stereocenters. The van der Waals surface area contributed by atoms with Gasteiger partial charge in [0.2, 0.25) is 5.91 Å². The summed E-state index contributed by atoms with van der Waals surface area (Å²) in [5.41, 5.74) is 0. The van der Waals surface area contributed by atoms with Crippen molar-refractivity contribution in [1.29, 1.82) is 0 Å². The van der Waals surface area contributed by atoms with Gasteiger partial charge in [0.15, 0.2) is 0 Å². The van der Waals surface area contributed by atoms with Gasteiger partial charge in [0.1, 0.15) is 0 Å². The fraction of sp³-hybridized carbons (Fsp3) is 0.933. The Balaban J connectivity index is 2.21. The van der Waals surface area contributed by atoms with E-state index >= 15 is 0 Å². The van der Waals surface area contributed by atoms with Crippen molar-refractivity contribution in [3.63, 3.8) is 0 Å². The smallest absolute Gasteiger partial charge is 0.223 e. The maximum Gasteiger partial charge on any atom is 0.223 e. The van der Waals surface area contributed by atoms with E-state index in [0.717, 1.165) is 37.6 Å². The molecule has 2 nitrogen and oxygen atoms in total. The number of nitrogens with one attached hydrogen (secondary N) is 1. The molecule has 0 aliphatic heterocycles. The largest absolute Gasteiger partial charge is 0.356 e. The van der Waals surface area contributed by atoms with Crippen molar-refractivity contribution in [3.05, 3.63) is 0 Å². The van der Waals surface area contributed by atoms with E-state index in [-0.39, 0.29) is 5.92 Å². The minimum atomic E-state index is 0.289. The molecule has 1 N–H and O–H groups in total. The molecule has 0 bridgehead atoms. The average molecular weight is 239 g/mol. The molecule has 2 heteroatoms. The van der Waals surface area contributed by atoms with Crippen LogP contribution in [0.15, 0.2) is 0 Å². The number of rotatable bonds is 5. The van der Waals surface area contributed by atoms with E-state index in [1.165, 1.54) is 12.8 Å². The van der Waals surface area contributed by atoms with Crippen LogP contribution in [0.3, 0.4) is 0 Å². The molecular weight excluding hydrogens is 210 g/mol. The molecule has 0 heterocycles. The fourth-order valence-corrected chi connectivity index (χ4v) is 2.68. The lowest BCUT2D eigenvalue weighted by Gasteiger charge is -2.30. The van der Waals surface area contributed by atoms with Gasteiger partial charge in [-0.05, 0) is 49.9 Å². The summed E-state index contributed by atoms with van der Waals surface area (Å²) in [6.45, 7) is 9.84. The zero-order valence-corrected chi connectivity index (χ0v) is 12.0. The van der Waals surface area contributed by atoms with Gasteiger partial charge in [-0.25, -0.2) is 0 Å². The molecule has 1 fully saturated rings. The van der Waals surface area contributed by atoms with E-state index in [2.05, 4.69) is 33.0 Å². The molecule has 0 saturated heterocycles. The average Bonchev–Trinajstić information content (AvgIpc) is 2.28. The van der Waals surface area contributed by atoms with Gasteiger partial charge in [0, 0.05) is 12.5 Å². The van der Waals surface area contributed by atoms with Crippen LogP contribution in [0, 0.1) is 23.7 Å². The highest BCUT2D eigenvalue weighted by atomic mass is 16.1. The van der Waals surface area contributed by atoms with Crippen LogP contribution in [-0.2, 0) is 4.79 Å². The summed E-state index contributed by atoms with van der Waals surface area (Å²) in [6.07, 6.45) is 5.75. The number of hydrogen-bond donors (Lipinski definition) is 1. The number of amides is 1. The third-order valence-corrected chi connectivity index (χ3v) is 4.11. The van der Waals surface area contributed by atoms with E-state index in [9.17, 15) is 4.79 Å². The normalized spacial score (nSPS) is 25.3.